The van der Waals surface area contributed by atoms with E-state index in [1.165, 1.54) is 11.8 Å². The fourth-order valence-electron chi connectivity index (χ4n) is 4.93. The Morgan fingerprint density at radius 2 is 1.84 bits per heavy atom. The third kappa shape index (κ3) is 5.75. The van der Waals surface area contributed by atoms with Crippen LogP contribution in [0.15, 0.2) is 53.5 Å². The number of sulfonamides is 1. The Labute approximate surface area is 183 Å². The van der Waals surface area contributed by atoms with Crippen LogP contribution >= 0.6 is 0 Å². The molecule has 168 valence electrons. The van der Waals surface area contributed by atoms with Crippen LogP contribution in [0, 0.1) is 0 Å². The quantitative estimate of drug-likeness (QED) is 0.684. The molecule has 2 N–H and O–H groups in total. The standard InChI is InChI=1S/C23H31N3O4S/c1-31(28,29)25-21-12-14-26(19-11-13-24-23(27)15-19)22(21)16-30-20-9-7-18(8-10-20)17-5-3-2-4-6-17/h2-6,11,13,15,18,20-22,25H,7-10,12,14,16H2,1H3,(H,24,27)/t18-,20+,21-,22-/m0/s1. The second kappa shape index (κ2) is 9.54. The summed E-state index contributed by atoms with van der Waals surface area (Å²) in [6.07, 6.45) is 7.87. The summed E-state index contributed by atoms with van der Waals surface area (Å²) in [5.74, 6) is 0.583. The van der Waals surface area contributed by atoms with Gasteiger partial charge in [0.05, 0.1) is 25.0 Å². The van der Waals surface area contributed by atoms with Gasteiger partial charge in [-0.05, 0) is 49.7 Å². The van der Waals surface area contributed by atoms with Crippen molar-refractivity contribution in [3.8, 4) is 0 Å². The number of aromatic nitrogens is 1. The first-order valence-corrected chi connectivity index (χ1v) is 12.9. The summed E-state index contributed by atoms with van der Waals surface area (Å²) in [6, 6.07) is 13.7. The molecule has 2 fully saturated rings. The molecule has 7 nitrogen and oxygen atoms in total. The molecular weight excluding hydrogens is 414 g/mol. The molecule has 2 aliphatic rings. The van der Waals surface area contributed by atoms with Gasteiger partial charge in [0.1, 0.15) is 0 Å². The molecule has 0 bridgehead atoms. The van der Waals surface area contributed by atoms with E-state index in [9.17, 15) is 13.2 Å². The van der Waals surface area contributed by atoms with E-state index < -0.39 is 10.0 Å². The molecule has 2 aromatic rings. The maximum absolute atomic E-state index is 11.9. The lowest BCUT2D eigenvalue weighted by Gasteiger charge is -2.33. The normalized spacial score (nSPS) is 26.8. The van der Waals surface area contributed by atoms with Crippen molar-refractivity contribution in [2.24, 2.45) is 0 Å². The van der Waals surface area contributed by atoms with E-state index in [0.717, 1.165) is 31.4 Å². The maximum atomic E-state index is 11.9. The zero-order chi connectivity index (χ0) is 21.8. The van der Waals surface area contributed by atoms with Crippen LogP contribution in [0.5, 0.6) is 0 Å². The van der Waals surface area contributed by atoms with Crippen molar-refractivity contribution in [2.45, 2.75) is 56.2 Å². The highest BCUT2D eigenvalue weighted by Gasteiger charge is 2.37. The van der Waals surface area contributed by atoms with Crippen LogP contribution < -0.4 is 15.2 Å². The topological polar surface area (TPSA) is 91.5 Å². The average Bonchev–Trinajstić information content (AvgIpc) is 3.14. The molecule has 1 aromatic carbocycles. The summed E-state index contributed by atoms with van der Waals surface area (Å²) < 4.78 is 32.8. The molecule has 1 aliphatic heterocycles. The van der Waals surface area contributed by atoms with Gasteiger partial charge in [0.2, 0.25) is 15.6 Å². The predicted molar refractivity (Wildman–Crippen MR) is 122 cm³/mol. The molecule has 31 heavy (non-hydrogen) atoms. The molecule has 8 heteroatoms. The minimum absolute atomic E-state index is 0.150. The fraction of sp³-hybridized carbons (Fsp3) is 0.522. The van der Waals surface area contributed by atoms with Gasteiger partial charge in [0.25, 0.3) is 0 Å². The zero-order valence-corrected chi connectivity index (χ0v) is 18.7. The summed E-state index contributed by atoms with van der Waals surface area (Å²) in [7, 11) is -3.34. The van der Waals surface area contributed by atoms with Crippen LogP contribution in [-0.4, -0.2) is 51.0 Å². The smallest absolute Gasteiger partial charge is 0.249 e. The summed E-state index contributed by atoms with van der Waals surface area (Å²) in [6.45, 7) is 1.10. The fourth-order valence-corrected chi connectivity index (χ4v) is 5.75. The number of benzene rings is 1. The van der Waals surface area contributed by atoms with Crippen LogP contribution in [-0.2, 0) is 14.8 Å². The van der Waals surface area contributed by atoms with Crippen molar-refractivity contribution >= 4 is 15.7 Å². The van der Waals surface area contributed by atoms with Gasteiger partial charge >= 0.3 is 0 Å². The molecule has 1 saturated heterocycles. The number of ether oxygens (including phenoxy) is 1. The van der Waals surface area contributed by atoms with Gasteiger partial charge in [-0.3, -0.25) is 4.79 Å². The van der Waals surface area contributed by atoms with Crippen LogP contribution in [0.25, 0.3) is 0 Å². The average molecular weight is 446 g/mol. The highest BCUT2D eigenvalue weighted by atomic mass is 32.2. The molecule has 0 radical (unpaired) electrons. The van der Waals surface area contributed by atoms with Crippen LogP contribution in [0.3, 0.4) is 0 Å². The molecule has 0 amide bonds. The summed E-state index contributed by atoms with van der Waals surface area (Å²) in [5.41, 5.74) is 2.02. The number of H-pyrrole nitrogens is 1. The molecule has 1 aliphatic carbocycles. The van der Waals surface area contributed by atoms with Gasteiger partial charge in [0.15, 0.2) is 0 Å². The van der Waals surface area contributed by atoms with E-state index in [2.05, 4.69) is 38.9 Å². The van der Waals surface area contributed by atoms with Crippen molar-refractivity contribution < 1.29 is 13.2 Å². The number of aromatic amines is 1. The minimum atomic E-state index is -3.34. The zero-order valence-electron chi connectivity index (χ0n) is 17.9. The summed E-state index contributed by atoms with van der Waals surface area (Å²) in [5, 5.41) is 0. The number of rotatable bonds is 7. The Balaban J connectivity index is 1.40. The van der Waals surface area contributed by atoms with Crippen LogP contribution in [0.4, 0.5) is 5.69 Å². The molecular formula is C23H31N3O4S. The molecule has 1 aromatic heterocycles. The molecule has 1 saturated carbocycles. The second-order valence-electron chi connectivity index (χ2n) is 8.67. The minimum Gasteiger partial charge on any atom is -0.376 e. The summed E-state index contributed by atoms with van der Waals surface area (Å²) in [4.78, 5) is 16.5. The van der Waals surface area contributed by atoms with Crippen molar-refractivity contribution in [3.63, 3.8) is 0 Å². The van der Waals surface area contributed by atoms with E-state index in [1.54, 1.807) is 12.3 Å². The molecule has 2 atom stereocenters. The number of nitrogens with zero attached hydrogens (tertiary/aromatic N) is 1. The number of nitrogens with one attached hydrogen (secondary N) is 2. The predicted octanol–water partition coefficient (Wildman–Crippen LogP) is 2.61. The van der Waals surface area contributed by atoms with Gasteiger partial charge in [0, 0.05) is 30.5 Å². The monoisotopic (exact) mass is 445 g/mol. The molecule has 0 spiro atoms. The molecule has 0 unspecified atom stereocenters. The Kier molecular flexibility index (Phi) is 6.79. The Morgan fingerprint density at radius 1 is 1.10 bits per heavy atom. The highest BCUT2D eigenvalue weighted by molar-refractivity contribution is 7.88. The Bertz CT molecular complexity index is 1020. The van der Waals surface area contributed by atoms with Crippen LogP contribution in [0.2, 0.25) is 0 Å². The van der Waals surface area contributed by atoms with Gasteiger partial charge in [-0.15, -0.1) is 0 Å². The van der Waals surface area contributed by atoms with Gasteiger partial charge in [-0.1, -0.05) is 30.3 Å². The number of hydrogen-bond donors (Lipinski definition) is 2. The maximum Gasteiger partial charge on any atom is 0.249 e. The van der Waals surface area contributed by atoms with E-state index >= 15 is 0 Å². The largest absolute Gasteiger partial charge is 0.376 e. The first-order chi connectivity index (χ1) is 14.9. The first kappa shape index (κ1) is 22.0. The third-order valence-electron chi connectivity index (χ3n) is 6.45. The molecule has 4 rings (SSSR count). The lowest BCUT2D eigenvalue weighted by Crippen LogP contribution is -2.48. The van der Waals surface area contributed by atoms with Gasteiger partial charge in [-0.25, -0.2) is 13.1 Å². The lowest BCUT2D eigenvalue weighted by atomic mass is 9.83. The SMILES string of the molecule is CS(=O)(=O)N[C@H]1CCN(c2cc[nH]c(=O)c2)[C@H]1CO[C@H]1CC[C@@H](c2ccccc2)CC1. The van der Waals surface area contributed by atoms with Crippen molar-refractivity contribution in [1.29, 1.82) is 0 Å². The van der Waals surface area contributed by atoms with E-state index in [0.29, 0.717) is 25.5 Å². The highest BCUT2D eigenvalue weighted by Crippen LogP contribution is 2.34. The Hall–Kier alpha value is -2.16. The van der Waals surface area contributed by atoms with Gasteiger partial charge in [-0.2, -0.15) is 0 Å². The molecule has 2 heterocycles. The van der Waals surface area contributed by atoms with Crippen molar-refractivity contribution in [3.05, 3.63) is 64.6 Å². The number of pyridine rings is 1. The number of anilines is 1. The Morgan fingerprint density at radius 3 is 2.52 bits per heavy atom. The van der Waals surface area contributed by atoms with Crippen molar-refractivity contribution in [2.75, 3.05) is 24.3 Å². The third-order valence-corrected chi connectivity index (χ3v) is 7.18. The van der Waals surface area contributed by atoms with E-state index in [-0.39, 0.29) is 23.7 Å². The van der Waals surface area contributed by atoms with E-state index in [4.69, 9.17) is 4.74 Å². The lowest BCUT2D eigenvalue weighted by molar-refractivity contribution is 0.0157. The second-order valence-corrected chi connectivity index (χ2v) is 10.5. The first-order valence-electron chi connectivity index (χ1n) is 11.0. The van der Waals surface area contributed by atoms with E-state index in [1.807, 2.05) is 12.1 Å². The summed E-state index contributed by atoms with van der Waals surface area (Å²) >= 11 is 0. The van der Waals surface area contributed by atoms with Crippen LogP contribution in [0.1, 0.15) is 43.6 Å². The van der Waals surface area contributed by atoms with Gasteiger partial charge < -0.3 is 14.6 Å². The number of hydrogen-bond acceptors (Lipinski definition) is 5. The van der Waals surface area contributed by atoms with Crippen molar-refractivity contribution in [1.82, 2.24) is 9.71 Å².